The number of ether oxygens (including phenoxy) is 3. The summed E-state index contributed by atoms with van der Waals surface area (Å²) in [7, 11) is 3.12. The van der Waals surface area contributed by atoms with Crippen molar-refractivity contribution < 1.29 is 19.0 Å². The molecule has 3 aromatic rings. The van der Waals surface area contributed by atoms with Crippen LogP contribution in [0.5, 0.6) is 11.5 Å². The third kappa shape index (κ3) is 7.70. The second kappa shape index (κ2) is 12.6. The van der Waals surface area contributed by atoms with Crippen molar-refractivity contribution in [2.24, 2.45) is 0 Å². The van der Waals surface area contributed by atoms with Crippen LogP contribution in [0.25, 0.3) is 0 Å². The van der Waals surface area contributed by atoms with Gasteiger partial charge in [0.15, 0.2) is 5.82 Å². The molecule has 11 nitrogen and oxygen atoms in total. The van der Waals surface area contributed by atoms with Gasteiger partial charge in [-0.1, -0.05) is 11.6 Å². The first kappa shape index (κ1) is 29.4. The van der Waals surface area contributed by atoms with Gasteiger partial charge in [0, 0.05) is 24.8 Å². The molecule has 3 rings (SSSR count). The van der Waals surface area contributed by atoms with Crippen molar-refractivity contribution in [3.8, 4) is 11.5 Å². The number of nitrogens with two attached hydrogens (primary N) is 1. The van der Waals surface area contributed by atoms with Gasteiger partial charge in [0.1, 0.15) is 22.1 Å². The number of halogens is 1. The molecule has 0 bridgehead atoms. The molecule has 0 unspecified atom stereocenters. The lowest BCUT2D eigenvalue weighted by molar-refractivity contribution is 0.0636. The van der Waals surface area contributed by atoms with Crippen molar-refractivity contribution in [3.05, 3.63) is 41.6 Å². The van der Waals surface area contributed by atoms with E-state index in [1.54, 1.807) is 52.1 Å². The van der Waals surface area contributed by atoms with Gasteiger partial charge < -0.3 is 35.5 Å². The van der Waals surface area contributed by atoms with Gasteiger partial charge >= 0.3 is 6.09 Å². The van der Waals surface area contributed by atoms with Gasteiger partial charge in [-0.05, 0) is 58.9 Å². The first-order chi connectivity index (χ1) is 18.5. The van der Waals surface area contributed by atoms with Crippen LogP contribution in [0.15, 0.2) is 36.5 Å². The lowest BCUT2D eigenvalue weighted by Crippen LogP contribution is -2.27. The second-order valence-corrected chi connectivity index (χ2v) is 9.87. The maximum absolute atomic E-state index is 12.2. The quantitative estimate of drug-likeness (QED) is 0.207. The Balaban J connectivity index is 1.88. The van der Waals surface area contributed by atoms with Gasteiger partial charge in [0.05, 0.1) is 43.2 Å². The third-order valence-corrected chi connectivity index (χ3v) is 5.82. The monoisotopic (exact) mass is 557 g/mol. The molecule has 5 N–H and O–H groups in total. The van der Waals surface area contributed by atoms with E-state index in [0.29, 0.717) is 40.1 Å². The lowest BCUT2D eigenvalue weighted by Gasteiger charge is -2.24. The highest BCUT2D eigenvalue weighted by atomic mass is 35.5. The molecule has 12 heteroatoms. The molecule has 0 aliphatic rings. The van der Waals surface area contributed by atoms with Crippen molar-refractivity contribution in [1.29, 1.82) is 0 Å². The number of hydrogen-bond acceptors (Lipinski definition) is 10. The summed E-state index contributed by atoms with van der Waals surface area (Å²) in [5.41, 5.74) is 8.81. The van der Waals surface area contributed by atoms with Crippen molar-refractivity contribution in [3.63, 3.8) is 0 Å². The highest BCUT2D eigenvalue weighted by Crippen LogP contribution is 2.37. The van der Waals surface area contributed by atoms with Gasteiger partial charge in [-0.15, -0.1) is 0 Å². The normalized spacial score (nSPS) is 11.0. The van der Waals surface area contributed by atoms with E-state index in [-0.39, 0.29) is 11.0 Å². The average molecular weight is 558 g/mol. The molecule has 1 amide bonds. The molecule has 0 saturated carbocycles. The number of carbonyl (C=O) groups is 1. The van der Waals surface area contributed by atoms with Crippen molar-refractivity contribution in [1.82, 2.24) is 9.97 Å². The van der Waals surface area contributed by atoms with Crippen LogP contribution < -0.4 is 36.1 Å². The van der Waals surface area contributed by atoms with E-state index >= 15 is 0 Å². The molecular formula is C27H36ClN7O4. The van der Waals surface area contributed by atoms with Gasteiger partial charge in [-0.25, -0.2) is 9.78 Å². The van der Waals surface area contributed by atoms with E-state index in [2.05, 4.69) is 44.7 Å². The van der Waals surface area contributed by atoms with Crippen LogP contribution in [-0.4, -0.2) is 49.0 Å². The predicted molar refractivity (Wildman–Crippen MR) is 157 cm³/mol. The zero-order valence-electron chi connectivity index (χ0n) is 23.3. The molecule has 1 heterocycles. The average Bonchev–Trinajstić information content (AvgIpc) is 2.87. The molecule has 39 heavy (non-hydrogen) atoms. The Kier molecular flexibility index (Phi) is 9.52. The number of nitrogens with one attached hydrogen (secondary N) is 3. The van der Waals surface area contributed by atoms with E-state index in [0.717, 1.165) is 18.8 Å². The molecule has 0 atom stereocenters. The largest absolute Gasteiger partial charge is 0.495 e. The van der Waals surface area contributed by atoms with E-state index < -0.39 is 11.7 Å². The molecule has 0 spiro atoms. The van der Waals surface area contributed by atoms with Crippen molar-refractivity contribution >= 4 is 57.9 Å². The summed E-state index contributed by atoms with van der Waals surface area (Å²) < 4.78 is 16.4. The van der Waals surface area contributed by atoms with Crippen LogP contribution in [0.2, 0.25) is 5.02 Å². The van der Waals surface area contributed by atoms with Crippen LogP contribution in [0.1, 0.15) is 34.6 Å². The molecule has 0 radical (unpaired) electrons. The number of benzene rings is 2. The number of nitrogen functional groups attached to an aromatic ring is 1. The van der Waals surface area contributed by atoms with Gasteiger partial charge in [0.25, 0.3) is 0 Å². The summed E-state index contributed by atoms with van der Waals surface area (Å²) in [5.74, 6) is 1.67. The van der Waals surface area contributed by atoms with Crippen LogP contribution >= 0.6 is 11.6 Å². The van der Waals surface area contributed by atoms with Gasteiger partial charge in [0.2, 0.25) is 5.95 Å². The molecule has 1 aromatic heterocycles. The van der Waals surface area contributed by atoms with Crippen molar-refractivity contribution in [2.45, 2.75) is 40.2 Å². The highest BCUT2D eigenvalue weighted by Gasteiger charge is 2.18. The number of methoxy groups -OCH3 is 2. The van der Waals surface area contributed by atoms with Crippen LogP contribution in [0, 0.1) is 0 Å². The molecule has 210 valence electrons. The fourth-order valence-electron chi connectivity index (χ4n) is 3.76. The summed E-state index contributed by atoms with van der Waals surface area (Å²) in [6, 6.07) is 8.75. The third-order valence-electron chi connectivity index (χ3n) is 5.54. The van der Waals surface area contributed by atoms with Crippen LogP contribution in [0.4, 0.5) is 45.0 Å². The number of carbonyl (C=O) groups excluding carboxylic acids is 1. The Bertz CT molecular complexity index is 1310. The minimum absolute atomic E-state index is 0.261. The Hall–Kier alpha value is -4.12. The summed E-state index contributed by atoms with van der Waals surface area (Å²) in [6.45, 7) is 11.1. The first-order valence-corrected chi connectivity index (χ1v) is 12.8. The van der Waals surface area contributed by atoms with Gasteiger partial charge in [-0.2, -0.15) is 4.98 Å². The van der Waals surface area contributed by atoms with E-state index in [4.69, 9.17) is 31.5 Å². The zero-order valence-corrected chi connectivity index (χ0v) is 24.1. The summed E-state index contributed by atoms with van der Waals surface area (Å²) in [6.07, 6.45) is 0.889. The minimum Gasteiger partial charge on any atom is -0.495 e. The van der Waals surface area contributed by atoms with Gasteiger partial charge in [-0.3, -0.25) is 5.32 Å². The molecule has 0 aliphatic heterocycles. The van der Waals surface area contributed by atoms with E-state index in [1.807, 2.05) is 6.07 Å². The van der Waals surface area contributed by atoms with Crippen LogP contribution in [-0.2, 0) is 4.74 Å². The second-order valence-electron chi connectivity index (χ2n) is 9.47. The molecule has 0 aliphatic carbocycles. The fraction of sp³-hybridized carbons (Fsp3) is 0.370. The lowest BCUT2D eigenvalue weighted by atomic mass is 10.2. The number of aromatic nitrogens is 2. The number of amides is 1. The first-order valence-electron chi connectivity index (χ1n) is 12.4. The maximum atomic E-state index is 12.2. The molecule has 2 aromatic carbocycles. The number of nitrogens with zero attached hydrogens (tertiary/aromatic N) is 3. The number of hydrogen-bond donors (Lipinski definition) is 4. The summed E-state index contributed by atoms with van der Waals surface area (Å²) >= 11 is 6.42. The summed E-state index contributed by atoms with van der Waals surface area (Å²) in [4.78, 5) is 23.2. The molecular weight excluding hydrogens is 522 g/mol. The Labute approximate surface area is 234 Å². The maximum Gasteiger partial charge on any atom is 0.412 e. The zero-order chi connectivity index (χ0) is 28.7. The van der Waals surface area contributed by atoms with Crippen molar-refractivity contribution in [2.75, 3.05) is 53.9 Å². The topological polar surface area (TPSA) is 136 Å². The number of rotatable bonds is 10. The Morgan fingerprint density at radius 1 is 1.03 bits per heavy atom. The van der Waals surface area contributed by atoms with E-state index in [1.165, 1.54) is 13.3 Å². The van der Waals surface area contributed by atoms with Crippen LogP contribution in [0.3, 0.4) is 0 Å². The Morgan fingerprint density at radius 2 is 1.69 bits per heavy atom. The smallest absolute Gasteiger partial charge is 0.412 e. The molecule has 0 fully saturated rings. The minimum atomic E-state index is -0.630. The molecule has 0 saturated heterocycles. The fourth-order valence-corrected chi connectivity index (χ4v) is 3.90. The number of anilines is 7. The van der Waals surface area contributed by atoms with E-state index in [9.17, 15) is 4.79 Å². The SMILES string of the molecule is CCN(CC)c1cc(OC)c(Nc2ncc(Cl)c(Nc3cc(NC(=O)OC(C)(C)C)ccc3OC)n2)cc1N. The predicted octanol–water partition coefficient (Wildman–Crippen LogP) is 6.41. The highest BCUT2D eigenvalue weighted by molar-refractivity contribution is 6.33. The Morgan fingerprint density at radius 3 is 2.31 bits per heavy atom. The summed E-state index contributed by atoms with van der Waals surface area (Å²) in [5, 5.41) is 9.30. The standard InChI is InChI=1S/C27H36ClN7O4/c1-8-35(9-2)21-14-23(38-7)20(13-18(21)29)33-25-30-15-17(28)24(34-25)32-19-12-16(10-11-22(19)37-6)31-26(36)39-27(3,4)5/h10-15H,8-9,29H2,1-7H3,(H,31,36)(H2,30,32,33,34).